The molecular weight excluding hydrogens is 296 g/mol. The second-order valence-electron chi connectivity index (χ2n) is 5.03. The van der Waals surface area contributed by atoms with E-state index in [9.17, 15) is 4.79 Å². The van der Waals surface area contributed by atoms with Crippen molar-refractivity contribution in [3.8, 4) is 17.2 Å². The largest absolute Gasteiger partial charge is 0.493 e. The van der Waals surface area contributed by atoms with E-state index < -0.39 is 12.3 Å². The minimum atomic E-state index is -0.763. The average molecular weight is 316 g/mol. The standard InChI is InChI=1S/C18H20O5/c1-11(2)18(19)23-12(3)22-15-10-16(20-4)17(21-5)14-9-7-6-8-13(14)15/h6-10,12H,1H2,2-5H3. The quantitative estimate of drug-likeness (QED) is 0.462. The summed E-state index contributed by atoms with van der Waals surface area (Å²) in [5, 5.41) is 1.69. The first-order chi connectivity index (χ1) is 11.0. The summed E-state index contributed by atoms with van der Waals surface area (Å²) < 4.78 is 21.7. The number of esters is 1. The van der Waals surface area contributed by atoms with Gasteiger partial charge in [-0.1, -0.05) is 30.8 Å². The summed E-state index contributed by atoms with van der Waals surface area (Å²) in [7, 11) is 3.14. The fourth-order valence-corrected chi connectivity index (χ4v) is 2.20. The van der Waals surface area contributed by atoms with E-state index in [1.807, 2.05) is 24.3 Å². The summed E-state index contributed by atoms with van der Waals surface area (Å²) in [5.41, 5.74) is 0.317. The zero-order chi connectivity index (χ0) is 17.0. The molecule has 0 N–H and O–H groups in total. The molecule has 1 unspecified atom stereocenters. The van der Waals surface area contributed by atoms with Crippen LogP contribution >= 0.6 is 0 Å². The Balaban J connectivity index is 2.40. The van der Waals surface area contributed by atoms with Crippen molar-refractivity contribution in [2.45, 2.75) is 20.1 Å². The molecular formula is C18H20O5. The van der Waals surface area contributed by atoms with Gasteiger partial charge < -0.3 is 18.9 Å². The van der Waals surface area contributed by atoms with Gasteiger partial charge in [0, 0.05) is 29.3 Å². The van der Waals surface area contributed by atoms with Gasteiger partial charge in [-0.15, -0.1) is 0 Å². The lowest BCUT2D eigenvalue weighted by Gasteiger charge is -2.19. The van der Waals surface area contributed by atoms with Gasteiger partial charge in [0.05, 0.1) is 14.2 Å². The molecule has 5 heteroatoms. The highest BCUT2D eigenvalue weighted by Gasteiger charge is 2.17. The van der Waals surface area contributed by atoms with E-state index in [0.29, 0.717) is 22.8 Å². The molecule has 2 rings (SSSR count). The van der Waals surface area contributed by atoms with Gasteiger partial charge in [-0.2, -0.15) is 0 Å². The second-order valence-corrected chi connectivity index (χ2v) is 5.03. The zero-order valence-corrected chi connectivity index (χ0v) is 13.7. The van der Waals surface area contributed by atoms with Crippen molar-refractivity contribution in [3.63, 3.8) is 0 Å². The first kappa shape index (κ1) is 16.7. The maximum absolute atomic E-state index is 11.6. The Kier molecular flexibility index (Phi) is 5.11. The van der Waals surface area contributed by atoms with Crippen molar-refractivity contribution in [1.82, 2.24) is 0 Å². The zero-order valence-electron chi connectivity index (χ0n) is 13.7. The van der Waals surface area contributed by atoms with Crippen LogP contribution in [0.5, 0.6) is 17.2 Å². The molecule has 2 aromatic rings. The van der Waals surface area contributed by atoms with Gasteiger partial charge in [0.1, 0.15) is 5.75 Å². The van der Waals surface area contributed by atoms with Gasteiger partial charge in [0.2, 0.25) is 6.29 Å². The van der Waals surface area contributed by atoms with Crippen LogP contribution in [-0.4, -0.2) is 26.5 Å². The SMILES string of the molecule is C=C(C)C(=O)OC(C)Oc1cc(OC)c(OC)c2ccccc12. The molecule has 23 heavy (non-hydrogen) atoms. The molecule has 0 saturated carbocycles. The Bertz CT molecular complexity index is 736. The molecule has 0 spiro atoms. The first-order valence-electron chi connectivity index (χ1n) is 7.14. The number of hydrogen-bond acceptors (Lipinski definition) is 5. The van der Waals surface area contributed by atoms with Crippen molar-refractivity contribution in [3.05, 3.63) is 42.5 Å². The third kappa shape index (κ3) is 3.56. The molecule has 0 aliphatic heterocycles. The van der Waals surface area contributed by atoms with Crippen LogP contribution < -0.4 is 14.2 Å². The molecule has 0 heterocycles. The van der Waals surface area contributed by atoms with Crippen molar-refractivity contribution in [2.24, 2.45) is 0 Å². The van der Waals surface area contributed by atoms with Gasteiger partial charge in [-0.3, -0.25) is 0 Å². The van der Waals surface area contributed by atoms with Gasteiger partial charge in [-0.25, -0.2) is 4.79 Å². The van der Waals surface area contributed by atoms with Crippen molar-refractivity contribution < 1.29 is 23.7 Å². The predicted octanol–water partition coefficient (Wildman–Crippen LogP) is 3.70. The van der Waals surface area contributed by atoms with Crippen LogP contribution in [-0.2, 0) is 9.53 Å². The lowest BCUT2D eigenvalue weighted by atomic mass is 10.1. The third-order valence-corrected chi connectivity index (χ3v) is 3.26. The molecule has 0 amide bonds. The van der Waals surface area contributed by atoms with Gasteiger partial charge >= 0.3 is 5.97 Å². The fraction of sp³-hybridized carbons (Fsp3) is 0.278. The normalized spacial score (nSPS) is 11.7. The first-order valence-corrected chi connectivity index (χ1v) is 7.14. The topological polar surface area (TPSA) is 54.0 Å². The minimum absolute atomic E-state index is 0.317. The molecule has 2 aromatic carbocycles. The summed E-state index contributed by atoms with van der Waals surface area (Å²) >= 11 is 0. The second kappa shape index (κ2) is 7.05. The fourth-order valence-electron chi connectivity index (χ4n) is 2.20. The Morgan fingerprint density at radius 2 is 1.74 bits per heavy atom. The number of carbonyl (C=O) groups excluding carboxylic acids is 1. The summed E-state index contributed by atoms with van der Waals surface area (Å²) in [6.07, 6.45) is -0.763. The number of hydrogen-bond donors (Lipinski definition) is 0. The third-order valence-electron chi connectivity index (χ3n) is 3.26. The summed E-state index contributed by atoms with van der Waals surface area (Å²) in [5.74, 6) is 1.21. The van der Waals surface area contributed by atoms with E-state index in [-0.39, 0.29) is 0 Å². The van der Waals surface area contributed by atoms with Gasteiger partial charge in [0.25, 0.3) is 0 Å². The van der Waals surface area contributed by atoms with Crippen LogP contribution in [0.1, 0.15) is 13.8 Å². The summed E-state index contributed by atoms with van der Waals surface area (Å²) in [6, 6.07) is 9.32. The maximum Gasteiger partial charge on any atom is 0.336 e. The number of fused-ring (bicyclic) bond motifs is 1. The number of carbonyl (C=O) groups is 1. The van der Waals surface area contributed by atoms with E-state index in [1.54, 1.807) is 34.1 Å². The molecule has 0 bridgehead atoms. The molecule has 0 radical (unpaired) electrons. The van der Waals surface area contributed by atoms with Crippen molar-refractivity contribution in [1.29, 1.82) is 0 Å². The number of ether oxygens (including phenoxy) is 4. The molecule has 0 aliphatic carbocycles. The summed E-state index contributed by atoms with van der Waals surface area (Å²) in [4.78, 5) is 11.6. The molecule has 0 aliphatic rings. The van der Waals surface area contributed by atoms with Crippen LogP contribution in [0.15, 0.2) is 42.5 Å². The van der Waals surface area contributed by atoms with E-state index >= 15 is 0 Å². The highest BCUT2D eigenvalue weighted by Crippen LogP contribution is 2.41. The molecule has 1 atom stereocenters. The summed E-state index contributed by atoms with van der Waals surface area (Å²) in [6.45, 7) is 6.78. The van der Waals surface area contributed by atoms with Crippen LogP contribution in [0, 0.1) is 0 Å². The van der Waals surface area contributed by atoms with Crippen LogP contribution in [0.3, 0.4) is 0 Å². The highest BCUT2D eigenvalue weighted by atomic mass is 16.7. The van der Waals surface area contributed by atoms with Crippen molar-refractivity contribution in [2.75, 3.05) is 14.2 Å². The molecule has 0 aromatic heterocycles. The highest BCUT2D eigenvalue weighted by molar-refractivity contribution is 5.95. The van der Waals surface area contributed by atoms with Gasteiger partial charge in [0.15, 0.2) is 11.5 Å². The van der Waals surface area contributed by atoms with E-state index in [0.717, 1.165) is 10.8 Å². The molecule has 122 valence electrons. The Morgan fingerprint density at radius 1 is 1.09 bits per heavy atom. The van der Waals surface area contributed by atoms with E-state index in [4.69, 9.17) is 18.9 Å². The minimum Gasteiger partial charge on any atom is -0.493 e. The number of benzene rings is 2. The maximum atomic E-state index is 11.6. The Hall–Kier alpha value is -2.69. The smallest absolute Gasteiger partial charge is 0.336 e. The van der Waals surface area contributed by atoms with Crippen LogP contribution in [0.2, 0.25) is 0 Å². The van der Waals surface area contributed by atoms with Crippen molar-refractivity contribution >= 4 is 16.7 Å². The molecule has 5 nitrogen and oxygen atoms in total. The Morgan fingerprint density at radius 3 is 2.30 bits per heavy atom. The molecule has 0 fully saturated rings. The van der Waals surface area contributed by atoms with E-state index in [2.05, 4.69) is 6.58 Å². The lowest BCUT2D eigenvalue weighted by Crippen LogP contribution is -2.21. The van der Waals surface area contributed by atoms with Gasteiger partial charge in [-0.05, 0) is 6.92 Å². The van der Waals surface area contributed by atoms with Crippen LogP contribution in [0.4, 0.5) is 0 Å². The Labute approximate surface area is 135 Å². The van der Waals surface area contributed by atoms with E-state index in [1.165, 1.54) is 0 Å². The number of rotatable bonds is 6. The predicted molar refractivity (Wildman–Crippen MR) is 88.0 cm³/mol. The average Bonchev–Trinajstić information content (AvgIpc) is 2.54. The lowest BCUT2D eigenvalue weighted by molar-refractivity contribution is -0.156. The van der Waals surface area contributed by atoms with Crippen LogP contribution in [0.25, 0.3) is 10.8 Å². The number of methoxy groups -OCH3 is 2. The monoisotopic (exact) mass is 316 g/mol. The molecule has 0 saturated heterocycles.